The lowest BCUT2D eigenvalue weighted by molar-refractivity contribution is 0.241. The molecule has 1 heteroatoms. The third kappa shape index (κ3) is 0.968. The molecule has 0 N–H and O–H groups in total. The first-order valence-corrected chi connectivity index (χ1v) is 4.69. The summed E-state index contributed by atoms with van der Waals surface area (Å²) in [4.78, 5) is 1.56. The smallest absolute Gasteiger partial charge is 0.00346 e. The lowest BCUT2D eigenvalue weighted by Crippen LogP contribution is -2.49. The average Bonchev–Trinajstić information content (AvgIpc) is 1.59. The van der Waals surface area contributed by atoms with Gasteiger partial charge in [0.1, 0.15) is 0 Å². The van der Waals surface area contributed by atoms with Gasteiger partial charge in [-0.25, -0.2) is 0 Å². The zero-order chi connectivity index (χ0) is 7.99. The van der Waals surface area contributed by atoms with Crippen LogP contribution in [0.2, 0.25) is 0 Å². The Morgan fingerprint density at radius 2 is 1.60 bits per heavy atom. The van der Waals surface area contributed by atoms with E-state index in [0.29, 0.717) is 10.8 Å². The molecule has 0 aromatic carbocycles. The van der Waals surface area contributed by atoms with Gasteiger partial charge in [-0.15, -0.1) is 0 Å². The van der Waals surface area contributed by atoms with Crippen LogP contribution in [0.4, 0.5) is 0 Å². The molecule has 0 spiro atoms. The Labute approximate surface area is 67.2 Å². The van der Waals surface area contributed by atoms with Crippen LogP contribution in [-0.4, -0.2) is 10.7 Å². The van der Waals surface area contributed by atoms with Gasteiger partial charge in [0.2, 0.25) is 0 Å². The Bertz CT molecular complexity index is 189. The zero-order valence-electron chi connectivity index (χ0n) is 7.32. The largest absolute Gasteiger partial charge is 0.160 e. The molecule has 0 saturated heterocycles. The van der Waals surface area contributed by atoms with Crippen molar-refractivity contribution < 1.29 is 0 Å². The Kier molecular flexibility index (Phi) is 1.59. The van der Waals surface area contributed by atoms with Crippen LogP contribution >= 0.6 is 10.9 Å². The van der Waals surface area contributed by atoms with Gasteiger partial charge in [0, 0.05) is 0 Å². The van der Waals surface area contributed by atoms with Crippen molar-refractivity contribution in [3.8, 4) is 0 Å². The van der Waals surface area contributed by atoms with Gasteiger partial charge in [-0.1, -0.05) is 27.7 Å². The molecular formula is C9H16S. The van der Waals surface area contributed by atoms with Crippen LogP contribution in [-0.2, 0) is 0 Å². The van der Waals surface area contributed by atoms with E-state index >= 15 is 0 Å². The van der Waals surface area contributed by atoms with E-state index in [-0.39, 0.29) is 0 Å². The summed E-state index contributed by atoms with van der Waals surface area (Å²) >= 11 is 0. The first-order chi connectivity index (χ1) is 4.40. The first-order valence-electron chi connectivity index (χ1n) is 3.70. The molecule has 1 saturated carbocycles. The molecule has 0 aromatic heterocycles. The van der Waals surface area contributed by atoms with Crippen molar-refractivity contribution in [3.05, 3.63) is 0 Å². The van der Waals surface area contributed by atoms with E-state index in [2.05, 4.69) is 33.6 Å². The van der Waals surface area contributed by atoms with Gasteiger partial charge in [0.25, 0.3) is 0 Å². The van der Waals surface area contributed by atoms with Gasteiger partial charge in [-0.3, -0.25) is 0 Å². The number of hydrogen-bond donors (Lipinski definition) is 0. The molecule has 0 amide bonds. The van der Waals surface area contributed by atoms with Crippen molar-refractivity contribution in [2.45, 2.75) is 34.1 Å². The van der Waals surface area contributed by atoms with Gasteiger partial charge in [0.05, 0.1) is 0 Å². The van der Waals surface area contributed by atoms with Crippen LogP contribution in [0.5, 0.6) is 0 Å². The van der Waals surface area contributed by atoms with Crippen molar-refractivity contribution in [2.75, 3.05) is 0 Å². The fraction of sp³-hybridized carbons (Fsp3) is 0.778. The molecule has 1 fully saturated rings. The molecule has 0 atom stereocenters. The molecule has 0 radical (unpaired) electrons. The van der Waals surface area contributed by atoms with Crippen LogP contribution in [0.15, 0.2) is 0 Å². The van der Waals surface area contributed by atoms with Gasteiger partial charge >= 0.3 is 0 Å². The molecule has 1 aliphatic rings. The second kappa shape index (κ2) is 1.97. The fourth-order valence-electron chi connectivity index (χ4n) is 2.47. The lowest BCUT2D eigenvalue weighted by Gasteiger charge is -2.51. The highest BCUT2D eigenvalue weighted by Crippen LogP contribution is 2.51. The molecule has 0 unspecified atom stereocenters. The number of rotatable bonds is 0. The third-order valence-corrected chi connectivity index (χ3v) is 3.65. The summed E-state index contributed by atoms with van der Waals surface area (Å²) in [5, 5.41) is 0. The molecule has 58 valence electrons. The fourth-order valence-corrected chi connectivity index (χ4v) is 3.39. The van der Waals surface area contributed by atoms with E-state index in [9.17, 15) is 0 Å². The summed E-state index contributed by atoms with van der Waals surface area (Å²) in [6.07, 6.45) is 1.30. The van der Waals surface area contributed by atoms with Crippen molar-refractivity contribution >= 4 is 21.7 Å². The summed E-state index contributed by atoms with van der Waals surface area (Å²) in [6.45, 7) is 9.19. The Balaban J connectivity index is 2.95. The molecule has 1 aliphatic carbocycles. The molecular weight excluding hydrogens is 140 g/mol. The highest BCUT2D eigenvalue weighted by molar-refractivity contribution is 7.96. The predicted octanol–water partition coefficient (Wildman–Crippen LogP) is 2.78. The van der Waals surface area contributed by atoms with Crippen LogP contribution in [0.1, 0.15) is 34.1 Å². The topological polar surface area (TPSA) is 0 Å². The van der Waals surface area contributed by atoms with Gasteiger partial charge in [-0.05, 0) is 28.0 Å². The Hall–Kier alpha value is -0.0400. The van der Waals surface area contributed by atoms with Crippen molar-refractivity contribution in [1.82, 2.24) is 0 Å². The van der Waals surface area contributed by atoms with E-state index < -0.39 is 0 Å². The molecule has 10 heavy (non-hydrogen) atoms. The van der Waals surface area contributed by atoms with Crippen LogP contribution in [0, 0.1) is 10.8 Å². The van der Waals surface area contributed by atoms with Gasteiger partial charge in [0.15, 0.2) is 0 Å². The molecule has 0 nitrogen and oxygen atoms in total. The summed E-state index contributed by atoms with van der Waals surface area (Å²) in [7, 11) is 1.69. The van der Waals surface area contributed by atoms with Gasteiger partial charge < -0.3 is 0 Å². The number of hydrogen-bond acceptors (Lipinski definition) is 0. The maximum Gasteiger partial charge on any atom is -0.00346 e. The average molecular weight is 156 g/mol. The van der Waals surface area contributed by atoms with Crippen LogP contribution in [0.25, 0.3) is 0 Å². The normalized spacial score (nSPS) is 27.4. The maximum atomic E-state index is 3.88. The van der Waals surface area contributed by atoms with E-state index in [1.807, 2.05) is 0 Å². The monoisotopic (exact) mass is 156 g/mol. The second-order valence-electron chi connectivity index (χ2n) is 4.42. The molecule has 0 aromatic rings. The standard InChI is InChI=1S/C9H16S/c1-8(2)6-9(3,4)7(8)10-5/h5-6H2,1-4H3. The van der Waals surface area contributed by atoms with E-state index in [1.54, 1.807) is 15.8 Å². The summed E-state index contributed by atoms with van der Waals surface area (Å²) in [5.41, 5.74) is 0.881. The Morgan fingerprint density at radius 1 is 1.20 bits per heavy atom. The van der Waals surface area contributed by atoms with Crippen molar-refractivity contribution in [3.63, 3.8) is 0 Å². The van der Waals surface area contributed by atoms with Crippen LogP contribution < -0.4 is 0 Å². The molecule has 0 aliphatic heterocycles. The van der Waals surface area contributed by atoms with Crippen LogP contribution in [0.3, 0.4) is 0 Å². The molecule has 0 heterocycles. The van der Waals surface area contributed by atoms with E-state index in [1.165, 1.54) is 6.42 Å². The minimum absolute atomic E-state index is 0.440. The van der Waals surface area contributed by atoms with E-state index in [0.717, 1.165) is 0 Å². The maximum absolute atomic E-state index is 3.88. The quantitative estimate of drug-likeness (QED) is 0.473. The van der Waals surface area contributed by atoms with Crippen molar-refractivity contribution in [2.24, 2.45) is 10.8 Å². The predicted molar refractivity (Wildman–Crippen MR) is 51.9 cm³/mol. The summed E-state index contributed by atoms with van der Waals surface area (Å²) < 4.78 is 0. The summed E-state index contributed by atoms with van der Waals surface area (Å²) in [5.74, 6) is 3.88. The first kappa shape index (κ1) is 8.06. The van der Waals surface area contributed by atoms with E-state index in [4.69, 9.17) is 0 Å². The highest BCUT2D eigenvalue weighted by atomic mass is 32.1. The minimum atomic E-state index is 0.440. The lowest BCUT2D eigenvalue weighted by atomic mass is 9.56. The molecule has 1 rings (SSSR count). The highest BCUT2D eigenvalue weighted by Gasteiger charge is 2.47. The van der Waals surface area contributed by atoms with Gasteiger partial charge in [-0.2, -0.15) is 10.9 Å². The SMILES string of the molecule is C=S=C1C(C)(C)CC1(C)C. The summed E-state index contributed by atoms with van der Waals surface area (Å²) in [6, 6.07) is 0. The molecule has 0 bridgehead atoms. The van der Waals surface area contributed by atoms with Crippen molar-refractivity contribution in [1.29, 1.82) is 0 Å². The Morgan fingerprint density at radius 3 is 1.70 bits per heavy atom. The minimum Gasteiger partial charge on any atom is -0.160 e. The zero-order valence-corrected chi connectivity index (χ0v) is 8.14. The second-order valence-corrected chi connectivity index (χ2v) is 5.11. The third-order valence-electron chi connectivity index (χ3n) is 2.26.